The number of nitrogens with one attached hydrogen (secondary N) is 2. The molecule has 0 saturated carbocycles. The van der Waals surface area contributed by atoms with Gasteiger partial charge in [0.05, 0.1) is 17.0 Å². The largest absolute Gasteiger partial charge is 0.437 e. The lowest BCUT2D eigenvalue weighted by atomic mass is 10.0. The van der Waals surface area contributed by atoms with Crippen molar-refractivity contribution in [3.05, 3.63) is 72.1 Å². The van der Waals surface area contributed by atoms with E-state index in [9.17, 15) is 8.42 Å². The Morgan fingerprint density at radius 1 is 1.05 bits per heavy atom. The summed E-state index contributed by atoms with van der Waals surface area (Å²) >= 11 is 0. The van der Waals surface area contributed by atoms with Gasteiger partial charge in [0.25, 0.3) is 0 Å². The first-order valence-corrected chi connectivity index (χ1v) is 14.3. The highest BCUT2D eigenvalue weighted by Crippen LogP contribution is 2.37. The van der Waals surface area contributed by atoms with Crippen molar-refractivity contribution in [1.82, 2.24) is 24.6 Å². The van der Waals surface area contributed by atoms with Gasteiger partial charge in [0.2, 0.25) is 21.9 Å². The number of nitrogens with zero attached hydrogens (tertiary/aromatic N) is 4. The summed E-state index contributed by atoms with van der Waals surface area (Å²) in [5.41, 5.74) is 3.06. The Bertz CT molecular complexity index is 1550. The van der Waals surface area contributed by atoms with E-state index in [1.54, 1.807) is 26.5 Å². The zero-order valence-electron chi connectivity index (χ0n) is 21.8. The molecule has 0 radical (unpaired) electrons. The smallest absolute Gasteiger partial charge is 0.228 e. The summed E-state index contributed by atoms with van der Waals surface area (Å²) in [6.45, 7) is 3.88. The van der Waals surface area contributed by atoms with Gasteiger partial charge in [0, 0.05) is 44.5 Å². The van der Waals surface area contributed by atoms with Gasteiger partial charge in [0.15, 0.2) is 0 Å². The van der Waals surface area contributed by atoms with Gasteiger partial charge >= 0.3 is 0 Å². The molecule has 0 spiro atoms. The number of benzene rings is 2. The van der Waals surface area contributed by atoms with Gasteiger partial charge in [-0.1, -0.05) is 30.3 Å². The van der Waals surface area contributed by atoms with Crippen LogP contribution in [-0.2, 0) is 15.8 Å². The molecule has 2 aromatic heterocycles. The number of fused-ring (bicyclic) bond motifs is 1. The fourth-order valence-corrected chi connectivity index (χ4v) is 5.49. The summed E-state index contributed by atoms with van der Waals surface area (Å²) in [5.74, 6) is 1.52. The van der Waals surface area contributed by atoms with Gasteiger partial charge in [-0.05, 0) is 61.0 Å². The van der Waals surface area contributed by atoms with E-state index >= 15 is 0 Å². The van der Waals surface area contributed by atoms with Crippen LogP contribution in [0.4, 0.5) is 5.95 Å². The SMILES string of the molecule is Cc1ccc2c(CS(=O)(=O)N(C)C)cccc2c1Oc1ncccc1-c1ccnc(N[C@H]2CCCNC2)n1. The van der Waals surface area contributed by atoms with E-state index in [1.165, 1.54) is 4.31 Å². The van der Waals surface area contributed by atoms with Crippen LogP contribution in [0.3, 0.4) is 0 Å². The predicted octanol–water partition coefficient (Wildman–Crippen LogP) is 4.35. The van der Waals surface area contributed by atoms with Gasteiger partial charge in [-0.25, -0.2) is 27.7 Å². The van der Waals surface area contributed by atoms with Crippen LogP contribution < -0.4 is 15.4 Å². The highest BCUT2D eigenvalue weighted by molar-refractivity contribution is 7.88. The van der Waals surface area contributed by atoms with Crippen molar-refractivity contribution in [2.45, 2.75) is 31.6 Å². The maximum Gasteiger partial charge on any atom is 0.228 e. The summed E-state index contributed by atoms with van der Waals surface area (Å²) in [7, 11) is -0.339. The standard InChI is InChI=1S/C28H32N6O3S/c1-19-11-12-22-20(18-38(35,36)34(2)3)7-4-9-23(22)26(19)37-27-24(10-6-15-30-27)25-13-16-31-28(33-25)32-21-8-5-14-29-17-21/h4,6-7,9-13,15-16,21,29H,5,8,14,17-18H2,1-3H3,(H,31,32,33)/t21-/m0/s1. The maximum atomic E-state index is 12.6. The number of anilines is 1. The first kappa shape index (κ1) is 26.0. The average Bonchev–Trinajstić information content (AvgIpc) is 2.91. The molecule has 0 unspecified atom stereocenters. The summed E-state index contributed by atoms with van der Waals surface area (Å²) in [5, 5.41) is 8.47. The number of sulfonamides is 1. The van der Waals surface area contributed by atoms with E-state index in [2.05, 4.69) is 20.6 Å². The minimum atomic E-state index is -3.43. The third kappa shape index (κ3) is 5.62. The van der Waals surface area contributed by atoms with Crippen LogP contribution >= 0.6 is 0 Å². The molecule has 1 aliphatic rings. The lowest BCUT2D eigenvalue weighted by molar-refractivity contribution is 0.466. The molecule has 0 aliphatic carbocycles. The third-order valence-electron chi connectivity index (χ3n) is 6.72. The zero-order valence-corrected chi connectivity index (χ0v) is 22.6. The van der Waals surface area contributed by atoms with Gasteiger partial charge in [-0.15, -0.1) is 0 Å². The third-order valence-corrected chi connectivity index (χ3v) is 8.51. The van der Waals surface area contributed by atoms with Crippen molar-refractivity contribution in [3.8, 4) is 22.9 Å². The van der Waals surface area contributed by atoms with Gasteiger partial charge in [-0.3, -0.25) is 0 Å². The van der Waals surface area contributed by atoms with Gasteiger partial charge in [-0.2, -0.15) is 0 Å². The Balaban J connectivity index is 1.50. The van der Waals surface area contributed by atoms with E-state index < -0.39 is 10.0 Å². The molecule has 3 heterocycles. The van der Waals surface area contributed by atoms with Crippen molar-refractivity contribution in [2.24, 2.45) is 0 Å². The van der Waals surface area contributed by atoms with E-state index in [-0.39, 0.29) is 11.8 Å². The highest BCUT2D eigenvalue weighted by atomic mass is 32.2. The molecule has 0 bridgehead atoms. The molecule has 9 nitrogen and oxygen atoms in total. The minimum Gasteiger partial charge on any atom is -0.437 e. The minimum absolute atomic E-state index is 0.0953. The molecule has 1 fully saturated rings. The molecule has 1 saturated heterocycles. The van der Waals surface area contributed by atoms with Crippen LogP contribution in [0, 0.1) is 6.92 Å². The lowest BCUT2D eigenvalue weighted by Gasteiger charge is -2.23. The second kappa shape index (κ2) is 11.0. The van der Waals surface area contributed by atoms with Crippen molar-refractivity contribution < 1.29 is 13.2 Å². The first-order valence-electron chi connectivity index (χ1n) is 12.7. The Morgan fingerprint density at radius 2 is 1.92 bits per heavy atom. The topological polar surface area (TPSA) is 109 Å². The number of pyridine rings is 1. The van der Waals surface area contributed by atoms with Crippen molar-refractivity contribution in [2.75, 3.05) is 32.5 Å². The van der Waals surface area contributed by atoms with Crippen LogP contribution in [0.5, 0.6) is 11.6 Å². The van der Waals surface area contributed by atoms with E-state index in [1.807, 2.05) is 55.5 Å². The Kier molecular flexibility index (Phi) is 7.55. The number of aromatic nitrogens is 3. The fraction of sp³-hybridized carbons (Fsp3) is 0.321. The number of aryl methyl sites for hydroxylation is 1. The number of ether oxygens (including phenoxy) is 1. The molecule has 1 aliphatic heterocycles. The zero-order chi connectivity index (χ0) is 26.7. The van der Waals surface area contributed by atoms with Crippen LogP contribution in [0.15, 0.2) is 60.9 Å². The highest BCUT2D eigenvalue weighted by Gasteiger charge is 2.20. The van der Waals surface area contributed by atoms with Gasteiger partial charge < -0.3 is 15.4 Å². The van der Waals surface area contributed by atoms with Crippen LogP contribution in [0.2, 0.25) is 0 Å². The second-order valence-electron chi connectivity index (χ2n) is 9.67. The normalized spacial score (nSPS) is 16.1. The van der Waals surface area contributed by atoms with Crippen LogP contribution in [-0.4, -0.2) is 60.9 Å². The quantitative estimate of drug-likeness (QED) is 0.345. The Labute approximate surface area is 223 Å². The maximum absolute atomic E-state index is 12.6. The molecule has 2 aromatic carbocycles. The van der Waals surface area contributed by atoms with Crippen molar-refractivity contribution >= 4 is 26.7 Å². The number of piperidine rings is 1. The fourth-order valence-electron chi connectivity index (χ4n) is 4.59. The predicted molar refractivity (Wildman–Crippen MR) is 150 cm³/mol. The first-order chi connectivity index (χ1) is 18.3. The Hall–Kier alpha value is -3.60. The van der Waals surface area contributed by atoms with Crippen molar-refractivity contribution in [3.63, 3.8) is 0 Å². The molecule has 2 N–H and O–H groups in total. The summed E-state index contributed by atoms with van der Waals surface area (Å²) in [6.07, 6.45) is 5.60. The lowest BCUT2D eigenvalue weighted by Crippen LogP contribution is -2.38. The van der Waals surface area contributed by atoms with Crippen LogP contribution in [0.1, 0.15) is 24.0 Å². The second-order valence-corrected chi connectivity index (χ2v) is 11.9. The summed E-state index contributed by atoms with van der Waals surface area (Å²) < 4.78 is 32.9. The molecule has 10 heteroatoms. The number of hydrogen-bond donors (Lipinski definition) is 2. The molecule has 198 valence electrons. The molecule has 0 amide bonds. The molecular formula is C28H32N6O3S. The number of rotatable bonds is 8. The summed E-state index contributed by atoms with van der Waals surface area (Å²) in [4.78, 5) is 13.7. The Morgan fingerprint density at radius 3 is 2.71 bits per heavy atom. The van der Waals surface area contributed by atoms with Gasteiger partial charge in [0.1, 0.15) is 5.75 Å². The molecule has 38 heavy (non-hydrogen) atoms. The molecule has 4 aromatic rings. The molecule has 1 atom stereocenters. The number of hydrogen-bond acceptors (Lipinski definition) is 8. The van der Waals surface area contributed by atoms with E-state index in [4.69, 9.17) is 9.72 Å². The average molecular weight is 533 g/mol. The van der Waals surface area contributed by atoms with Crippen LogP contribution in [0.25, 0.3) is 22.0 Å². The van der Waals surface area contributed by atoms with Crippen molar-refractivity contribution in [1.29, 1.82) is 0 Å². The summed E-state index contributed by atoms with van der Waals surface area (Å²) in [6, 6.07) is 15.4. The van der Waals surface area contributed by atoms with E-state index in [0.29, 0.717) is 28.8 Å². The van der Waals surface area contributed by atoms with E-state index in [0.717, 1.165) is 47.8 Å². The molecule has 5 rings (SSSR count). The monoisotopic (exact) mass is 532 g/mol. The molecular weight excluding hydrogens is 500 g/mol.